The summed E-state index contributed by atoms with van der Waals surface area (Å²) in [7, 11) is 0. The molecule has 0 saturated heterocycles. The van der Waals surface area contributed by atoms with E-state index < -0.39 is 0 Å². The van der Waals surface area contributed by atoms with Gasteiger partial charge in [-0.2, -0.15) is 0 Å². The van der Waals surface area contributed by atoms with Crippen molar-refractivity contribution in [2.24, 2.45) is 0 Å². The Labute approximate surface area is 82.0 Å². The highest BCUT2D eigenvalue weighted by Crippen LogP contribution is 2.35. The van der Waals surface area contributed by atoms with E-state index in [1.807, 2.05) is 48.5 Å². The van der Waals surface area contributed by atoms with E-state index in [0.717, 1.165) is 22.3 Å². The van der Waals surface area contributed by atoms with E-state index in [1.165, 1.54) is 0 Å². The third kappa shape index (κ3) is 0.814. The quantitative estimate of drug-likeness (QED) is 0.521. The average Bonchev–Trinajstić information content (AvgIpc) is 2.55. The van der Waals surface area contributed by atoms with Crippen LogP contribution in [0.4, 0.5) is 0 Å². The molecule has 0 bridgehead atoms. The molecule has 1 heteroatoms. The van der Waals surface area contributed by atoms with Crippen molar-refractivity contribution in [2.75, 3.05) is 0 Å². The lowest BCUT2D eigenvalue weighted by atomic mass is 10.1. The molecule has 3 rings (SSSR count). The minimum absolute atomic E-state index is 0.149. The normalized spacial score (nSPS) is 12.4. The maximum absolute atomic E-state index is 11.9. The smallest absolute Gasteiger partial charge is 0.194 e. The highest BCUT2D eigenvalue weighted by Gasteiger charge is 2.24. The fourth-order valence-corrected chi connectivity index (χ4v) is 1.98. The van der Waals surface area contributed by atoms with Crippen molar-refractivity contribution in [3.05, 3.63) is 59.7 Å². The standard InChI is InChI=1S/C13H8O/c14-13-11-7-3-1-5-9(11)10-6-2-4-8-12(10)13/h1-8H/i7+1. The van der Waals surface area contributed by atoms with Crippen LogP contribution in [0, 0.1) is 0 Å². The van der Waals surface area contributed by atoms with Crippen LogP contribution in [0.3, 0.4) is 0 Å². The van der Waals surface area contributed by atoms with Gasteiger partial charge in [0.2, 0.25) is 0 Å². The third-order valence-electron chi connectivity index (χ3n) is 2.63. The largest absolute Gasteiger partial charge is 0.289 e. The molecular weight excluding hydrogens is 173 g/mol. The van der Waals surface area contributed by atoms with Gasteiger partial charge in [0.1, 0.15) is 0 Å². The van der Waals surface area contributed by atoms with Gasteiger partial charge in [0.25, 0.3) is 0 Å². The summed E-state index contributed by atoms with van der Waals surface area (Å²) >= 11 is 0. The average molecular weight is 181 g/mol. The lowest BCUT2D eigenvalue weighted by Crippen LogP contribution is -1.93. The molecule has 1 aliphatic carbocycles. The molecule has 1 nitrogen and oxygen atoms in total. The lowest BCUT2D eigenvalue weighted by molar-refractivity contribution is 0.104. The van der Waals surface area contributed by atoms with E-state index in [1.54, 1.807) is 0 Å². The Morgan fingerprint density at radius 2 is 0.929 bits per heavy atom. The van der Waals surface area contributed by atoms with Crippen LogP contribution in [0.2, 0.25) is 0 Å². The number of fused-ring (bicyclic) bond motifs is 3. The number of carbonyl (C=O) groups excluding carboxylic acids is 1. The SMILES string of the molecule is O=C1c2ccccc2-c2ccc[13cH]c21. The summed E-state index contributed by atoms with van der Waals surface area (Å²) in [5.74, 6) is 0.149. The van der Waals surface area contributed by atoms with Gasteiger partial charge < -0.3 is 0 Å². The maximum Gasteiger partial charge on any atom is 0.194 e. The van der Waals surface area contributed by atoms with Crippen LogP contribution in [-0.2, 0) is 0 Å². The molecule has 66 valence electrons. The molecule has 0 saturated carbocycles. The maximum atomic E-state index is 11.9. The van der Waals surface area contributed by atoms with Gasteiger partial charge in [0.15, 0.2) is 5.78 Å². The Balaban J connectivity index is 2.42. The molecule has 0 unspecified atom stereocenters. The second-order valence-corrected chi connectivity index (χ2v) is 3.42. The highest BCUT2D eigenvalue weighted by atomic mass is 16.1. The minimum atomic E-state index is 0.149. The summed E-state index contributed by atoms with van der Waals surface area (Å²) in [6.45, 7) is 0. The van der Waals surface area contributed by atoms with Crippen LogP contribution in [-0.4, -0.2) is 5.78 Å². The number of hydrogen-bond donors (Lipinski definition) is 0. The lowest BCUT2D eigenvalue weighted by Gasteiger charge is -1.96. The number of benzene rings is 2. The van der Waals surface area contributed by atoms with Gasteiger partial charge in [-0.15, -0.1) is 0 Å². The summed E-state index contributed by atoms with van der Waals surface area (Å²) in [5, 5.41) is 0. The van der Waals surface area contributed by atoms with Crippen molar-refractivity contribution < 1.29 is 4.79 Å². The van der Waals surface area contributed by atoms with Crippen molar-refractivity contribution in [3.8, 4) is 11.1 Å². The zero-order valence-corrected chi connectivity index (χ0v) is 7.53. The molecule has 0 aromatic heterocycles. The number of hydrogen-bond acceptors (Lipinski definition) is 1. The summed E-state index contributed by atoms with van der Waals surface area (Å²) < 4.78 is 0. The van der Waals surface area contributed by atoms with Gasteiger partial charge in [-0.3, -0.25) is 4.79 Å². The molecule has 0 fully saturated rings. The van der Waals surface area contributed by atoms with Crippen LogP contribution in [0.25, 0.3) is 11.1 Å². The number of carbonyl (C=O) groups is 1. The molecule has 0 amide bonds. The Kier molecular flexibility index (Phi) is 1.37. The van der Waals surface area contributed by atoms with Crippen LogP contribution < -0.4 is 0 Å². The molecular formula is C13H8O. The van der Waals surface area contributed by atoms with Crippen molar-refractivity contribution in [1.29, 1.82) is 0 Å². The van der Waals surface area contributed by atoms with Crippen molar-refractivity contribution in [3.63, 3.8) is 0 Å². The first kappa shape index (κ1) is 7.51. The minimum Gasteiger partial charge on any atom is -0.289 e. The molecule has 2 aromatic rings. The first-order valence-electron chi connectivity index (χ1n) is 4.61. The Hall–Kier alpha value is -1.89. The van der Waals surface area contributed by atoms with Gasteiger partial charge in [-0.25, -0.2) is 0 Å². The van der Waals surface area contributed by atoms with Crippen LogP contribution >= 0.6 is 0 Å². The second-order valence-electron chi connectivity index (χ2n) is 3.42. The van der Waals surface area contributed by atoms with E-state index in [4.69, 9.17) is 0 Å². The fourth-order valence-electron chi connectivity index (χ4n) is 1.98. The molecule has 14 heavy (non-hydrogen) atoms. The van der Waals surface area contributed by atoms with Gasteiger partial charge in [0, 0.05) is 11.1 Å². The molecule has 2 aromatic carbocycles. The van der Waals surface area contributed by atoms with Gasteiger partial charge in [0.05, 0.1) is 0 Å². The highest BCUT2D eigenvalue weighted by molar-refractivity contribution is 6.21. The van der Waals surface area contributed by atoms with Crippen LogP contribution in [0.1, 0.15) is 15.9 Å². The first-order valence-corrected chi connectivity index (χ1v) is 4.61. The topological polar surface area (TPSA) is 17.1 Å². The predicted molar refractivity (Wildman–Crippen MR) is 55.3 cm³/mol. The summed E-state index contributed by atoms with van der Waals surface area (Å²) in [6, 6.07) is 15.5. The van der Waals surface area contributed by atoms with Crippen LogP contribution in [0.15, 0.2) is 48.5 Å². The van der Waals surface area contributed by atoms with Crippen LogP contribution in [0.5, 0.6) is 0 Å². The molecule has 0 heterocycles. The predicted octanol–water partition coefficient (Wildman–Crippen LogP) is 2.90. The van der Waals surface area contributed by atoms with E-state index in [0.29, 0.717) is 0 Å². The number of ketones is 1. The summed E-state index contributed by atoms with van der Waals surface area (Å²) in [5.41, 5.74) is 3.78. The van der Waals surface area contributed by atoms with E-state index in [2.05, 4.69) is 0 Å². The summed E-state index contributed by atoms with van der Waals surface area (Å²) in [6.07, 6.45) is 0. The van der Waals surface area contributed by atoms with E-state index in [9.17, 15) is 4.79 Å². The van der Waals surface area contributed by atoms with Gasteiger partial charge >= 0.3 is 0 Å². The monoisotopic (exact) mass is 181 g/mol. The molecule has 0 spiro atoms. The molecule has 0 radical (unpaired) electrons. The second kappa shape index (κ2) is 2.55. The zero-order valence-electron chi connectivity index (χ0n) is 7.53. The van der Waals surface area contributed by atoms with E-state index in [-0.39, 0.29) is 5.78 Å². The zero-order chi connectivity index (χ0) is 9.54. The molecule has 0 N–H and O–H groups in total. The Bertz CT molecular complexity index is 479. The Morgan fingerprint density at radius 3 is 1.36 bits per heavy atom. The third-order valence-corrected chi connectivity index (χ3v) is 2.63. The Morgan fingerprint density at radius 1 is 0.571 bits per heavy atom. The number of rotatable bonds is 0. The van der Waals surface area contributed by atoms with Crippen molar-refractivity contribution >= 4 is 5.78 Å². The van der Waals surface area contributed by atoms with E-state index >= 15 is 0 Å². The fraction of sp³-hybridized carbons (Fsp3) is 0. The summed E-state index contributed by atoms with van der Waals surface area (Å²) in [4.78, 5) is 11.9. The first-order chi connectivity index (χ1) is 6.88. The molecule has 1 aliphatic rings. The van der Waals surface area contributed by atoms with Gasteiger partial charge in [-0.1, -0.05) is 48.5 Å². The molecule has 0 aliphatic heterocycles. The molecule has 0 atom stereocenters. The van der Waals surface area contributed by atoms with Crippen molar-refractivity contribution in [2.45, 2.75) is 0 Å². The van der Waals surface area contributed by atoms with Crippen molar-refractivity contribution in [1.82, 2.24) is 0 Å². The van der Waals surface area contributed by atoms with Gasteiger partial charge in [-0.05, 0) is 11.1 Å².